The van der Waals surface area contributed by atoms with E-state index in [2.05, 4.69) is 10.0 Å². The molecule has 0 bridgehead atoms. The first-order valence-corrected chi connectivity index (χ1v) is 6.98. The number of halogens is 1. The summed E-state index contributed by atoms with van der Waals surface area (Å²) in [7, 11) is 0. The van der Waals surface area contributed by atoms with Crippen LogP contribution in [0.4, 0.5) is 0 Å². The van der Waals surface area contributed by atoms with E-state index in [1.807, 2.05) is 22.6 Å². The SMILES string of the molecule is CC(=O)OCC(OC=O)[C@@H](OC(C)=O)C(CI)N=[N+]=[N-]. The van der Waals surface area contributed by atoms with Crippen molar-refractivity contribution in [1.82, 2.24) is 0 Å². The van der Waals surface area contributed by atoms with E-state index in [0.717, 1.165) is 6.92 Å². The van der Waals surface area contributed by atoms with Gasteiger partial charge in [-0.25, -0.2) is 0 Å². The molecule has 0 rings (SSSR count). The minimum absolute atomic E-state index is 0.144. The highest BCUT2D eigenvalue weighted by Gasteiger charge is 2.33. The van der Waals surface area contributed by atoms with E-state index in [1.54, 1.807) is 0 Å². The zero-order valence-corrected chi connectivity index (χ0v) is 13.1. The zero-order valence-electron chi connectivity index (χ0n) is 10.9. The van der Waals surface area contributed by atoms with Crippen molar-refractivity contribution >= 4 is 41.0 Å². The van der Waals surface area contributed by atoms with Crippen LogP contribution in [0.2, 0.25) is 0 Å². The second-order valence-corrected chi connectivity index (χ2v) is 4.45. The summed E-state index contributed by atoms with van der Waals surface area (Å²) in [5.41, 5.74) is 8.50. The molecule has 0 aromatic heterocycles. The Morgan fingerprint density at radius 2 is 2.05 bits per heavy atom. The van der Waals surface area contributed by atoms with Gasteiger partial charge in [0.25, 0.3) is 6.47 Å². The van der Waals surface area contributed by atoms with Gasteiger partial charge < -0.3 is 14.2 Å². The first-order valence-electron chi connectivity index (χ1n) is 5.46. The van der Waals surface area contributed by atoms with Crippen LogP contribution in [0, 0.1) is 0 Å². The van der Waals surface area contributed by atoms with Gasteiger partial charge in [0.2, 0.25) is 0 Å². The van der Waals surface area contributed by atoms with Crippen molar-refractivity contribution in [2.45, 2.75) is 32.1 Å². The van der Waals surface area contributed by atoms with Crippen LogP contribution in [-0.2, 0) is 28.6 Å². The van der Waals surface area contributed by atoms with E-state index in [0.29, 0.717) is 4.43 Å². The minimum Gasteiger partial charge on any atom is -0.462 e. The summed E-state index contributed by atoms with van der Waals surface area (Å²) in [4.78, 5) is 35.1. The van der Waals surface area contributed by atoms with Gasteiger partial charge in [0, 0.05) is 23.2 Å². The van der Waals surface area contributed by atoms with E-state index in [9.17, 15) is 14.4 Å². The Hall–Kier alpha value is -1.55. The number of carbonyl (C=O) groups excluding carboxylic acids is 3. The first-order chi connectivity index (χ1) is 9.46. The quantitative estimate of drug-likeness (QED) is 0.0836. The number of nitrogens with zero attached hydrogens (tertiary/aromatic N) is 3. The summed E-state index contributed by atoms with van der Waals surface area (Å²) in [6, 6.07) is -0.759. The summed E-state index contributed by atoms with van der Waals surface area (Å²) in [6.07, 6.45) is -2.09. The van der Waals surface area contributed by atoms with Gasteiger partial charge >= 0.3 is 11.9 Å². The highest BCUT2D eigenvalue weighted by Crippen LogP contribution is 2.16. The third kappa shape index (κ3) is 7.14. The van der Waals surface area contributed by atoms with E-state index < -0.39 is 30.2 Å². The molecule has 0 N–H and O–H groups in total. The highest BCUT2D eigenvalue weighted by atomic mass is 127. The normalized spacial score (nSPS) is 14.2. The molecule has 3 atom stereocenters. The number of hydrogen-bond acceptors (Lipinski definition) is 7. The number of rotatable bonds is 9. The predicted molar refractivity (Wildman–Crippen MR) is 74.9 cm³/mol. The fourth-order valence-electron chi connectivity index (χ4n) is 1.33. The number of esters is 2. The van der Waals surface area contributed by atoms with Gasteiger partial charge in [-0.2, -0.15) is 0 Å². The lowest BCUT2D eigenvalue weighted by Crippen LogP contribution is -2.44. The van der Waals surface area contributed by atoms with Crippen molar-refractivity contribution in [1.29, 1.82) is 0 Å². The average Bonchev–Trinajstić information content (AvgIpc) is 2.38. The molecular formula is C10H14IN3O6. The molecule has 0 saturated carbocycles. The van der Waals surface area contributed by atoms with E-state index in [-0.39, 0.29) is 13.1 Å². The van der Waals surface area contributed by atoms with Crippen LogP contribution in [0.25, 0.3) is 10.4 Å². The molecule has 0 amide bonds. The van der Waals surface area contributed by atoms with Gasteiger partial charge in [0.15, 0.2) is 12.2 Å². The van der Waals surface area contributed by atoms with E-state index >= 15 is 0 Å². The van der Waals surface area contributed by atoms with Crippen molar-refractivity contribution in [2.24, 2.45) is 5.11 Å². The molecule has 0 aliphatic rings. The number of azide groups is 1. The molecule has 0 aromatic carbocycles. The molecular weight excluding hydrogens is 385 g/mol. The Morgan fingerprint density at radius 1 is 1.40 bits per heavy atom. The maximum atomic E-state index is 11.1. The van der Waals surface area contributed by atoms with Gasteiger partial charge in [-0.15, -0.1) is 0 Å². The molecule has 112 valence electrons. The molecule has 10 heteroatoms. The highest BCUT2D eigenvalue weighted by molar-refractivity contribution is 14.1. The standard InChI is InChI=1S/C10H14IN3O6/c1-6(16)18-4-9(19-5-15)10(20-7(2)17)8(3-11)13-14-12/h5,8-10H,3-4H2,1-2H3/t8?,9?,10-/m0/s1. The summed E-state index contributed by atoms with van der Waals surface area (Å²) in [6.45, 7) is 2.18. The van der Waals surface area contributed by atoms with Crippen LogP contribution < -0.4 is 0 Å². The molecule has 2 unspecified atom stereocenters. The first kappa shape index (κ1) is 18.4. The molecule has 0 heterocycles. The monoisotopic (exact) mass is 399 g/mol. The van der Waals surface area contributed by atoms with E-state index in [1.165, 1.54) is 6.92 Å². The molecule has 0 saturated heterocycles. The van der Waals surface area contributed by atoms with Crippen molar-refractivity contribution in [3.63, 3.8) is 0 Å². The average molecular weight is 399 g/mol. The number of hydrogen-bond donors (Lipinski definition) is 0. The maximum absolute atomic E-state index is 11.1. The third-order valence-electron chi connectivity index (χ3n) is 2.09. The lowest BCUT2D eigenvalue weighted by atomic mass is 10.1. The number of carbonyl (C=O) groups is 3. The largest absolute Gasteiger partial charge is 0.462 e. The van der Waals surface area contributed by atoms with Crippen molar-refractivity contribution in [2.75, 3.05) is 11.0 Å². The molecule has 0 aliphatic heterocycles. The van der Waals surface area contributed by atoms with Crippen LogP contribution in [0.3, 0.4) is 0 Å². The third-order valence-corrected chi connectivity index (χ3v) is 2.99. The molecule has 0 aliphatic carbocycles. The molecule has 0 radical (unpaired) electrons. The van der Waals surface area contributed by atoms with Crippen LogP contribution in [0.1, 0.15) is 13.8 Å². The predicted octanol–water partition coefficient (Wildman–Crippen LogP) is 1.14. The van der Waals surface area contributed by atoms with Crippen LogP contribution in [-0.4, -0.2) is 47.7 Å². The summed E-state index contributed by atoms with van der Waals surface area (Å²) >= 11 is 1.93. The topological polar surface area (TPSA) is 128 Å². The minimum atomic E-state index is -1.05. The second kappa shape index (κ2) is 10.3. The van der Waals surface area contributed by atoms with Crippen molar-refractivity contribution in [3.05, 3.63) is 10.4 Å². The van der Waals surface area contributed by atoms with Gasteiger partial charge in [-0.1, -0.05) is 27.7 Å². The molecule has 9 nitrogen and oxygen atoms in total. The molecule has 0 fully saturated rings. The fraction of sp³-hybridized carbons (Fsp3) is 0.700. The van der Waals surface area contributed by atoms with Crippen LogP contribution >= 0.6 is 22.6 Å². The summed E-state index contributed by atoms with van der Waals surface area (Å²) in [5, 5.41) is 3.49. The van der Waals surface area contributed by atoms with Gasteiger partial charge in [-0.3, -0.25) is 14.4 Å². The zero-order chi connectivity index (χ0) is 15.5. The molecule has 20 heavy (non-hydrogen) atoms. The van der Waals surface area contributed by atoms with Crippen molar-refractivity contribution < 1.29 is 28.6 Å². The Bertz CT molecular complexity index is 398. The van der Waals surface area contributed by atoms with Gasteiger partial charge in [0.05, 0.1) is 6.04 Å². The van der Waals surface area contributed by atoms with Crippen LogP contribution in [0.15, 0.2) is 5.11 Å². The van der Waals surface area contributed by atoms with Crippen molar-refractivity contribution in [3.8, 4) is 0 Å². The maximum Gasteiger partial charge on any atom is 0.303 e. The Morgan fingerprint density at radius 3 is 2.45 bits per heavy atom. The second-order valence-electron chi connectivity index (χ2n) is 3.57. The summed E-state index contributed by atoms with van der Waals surface area (Å²) in [5.74, 6) is -1.22. The lowest BCUT2D eigenvalue weighted by molar-refractivity contribution is -0.168. The molecule has 0 aromatic rings. The Balaban J connectivity index is 5.15. The molecule has 0 spiro atoms. The Labute approximate surface area is 128 Å². The smallest absolute Gasteiger partial charge is 0.303 e. The number of ether oxygens (including phenoxy) is 3. The van der Waals surface area contributed by atoms with Gasteiger partial charge in [-0.05, 0) is 5.53 Å². The fourth-order valence-corrected chi connectivity index (χ4v) is 2.00. The number of alkyl halides is 1. The van der Waals surface area contributed by atoms with E-state index in [4.69, 9.17) is 19.7 Å². The van der Waals surface area contributed by atoms with Crippen LogP contribution in [0.5, 0.6) is 0 Å². The summed E-state index contributed by atoms with van der Waals surface area (Å²) < 4.78 is 14.8. The van der Waals surface area contributed by atoms with Gasteiger partial charge in [0.1, 0.15) is 6.61 Å². The Kier molecular flexibility index (Phi) is 9.47. The lowest BCUT2D eigenvalue weighted by Gasteiger charge is -2.28.